The SMILES string of the molecule is CCCC1O[C@@H]2C[C@H]3[C@@H]4CCC5=CC(=O)C=C[C@]5(C)[C@H]4[C@@H](O)C[C@]3(C)[C@]2(C(=O)COC(=O)OCc2ccc(NC(=O)[C@H](CCCNC(N)O)NC(=O)[C@@H](NC(=O)[C@@H](CCCCNC(=O)COC3CCCCCc4c3nnn4C3O[C@H](CO)[C@H](O)[C@H](O)[C@H]3O)NC(=O)CCOCCOCCOCCOCCN3C(=O)C=CC3=O)C(C)C)cc2)O1. The van der Waals surface area contributed by atoms with Gasteiger partial charge in [0.1, 0.15) is 67.6 Å². The number of ether oxygens (including phenoxy) is 10. The second-order valence-electron chi connectivity index (χ2n) is 32.2. The van der Waals surface area contributed by atoms with Gasteiger partial charge in [-0.3, -0.25) is 59.1 Å². The van der Waals surface area contributed by atoms with Crippen LogP contribution in [0, 0.1) is 34.5 Å². The normalized spacial score (nSPS) is 28.7. The molecule has 14 N–H and O–H groups in total. The Hall–Kier alpha value is -7.96. The molecule has 37 heteroatoms. The second-order valence-corrected chi connectivity index (χ2v) is 32.2. The molecule has 0 radical (unpaired) electrons. The molecule has 19 atom stereocenters. The van der Waals surface area contributed by atoms with Gasteiger partial charge in [-0.05, 0) is 138 Å². The first-order valence-corrected chi connectivity index (χ1v) is 41.3. The maximum Gasteiger partial charge on any atom is 0.509 e. The van der Waals surface area contributed by atoms with Gasteiger partial charge in [0.05, 0.1) is 83.9 Å². The van der Waals surface area contributed by atoms with Gasteiger partial charge in [-0.1, -0.05) is 82.9 Å². The summed E-state index contributed by atoms with van der Waals surface area (Å²) >= 11 is 0. The zero-order valence-corrected chi connectivity index (χ0v) is 67.9. The van der Waals surface area contributed by atoms with Crippen LogP contribution in [-0.2, 0) is 104 Å². The molecular weight excluding hydrogens is 1540 g/mol. The number of rotatable bonds is 45. The predicted molar refractivity (Wildman–Crippen MR) is 416 cm³/mol. The average Bonchev–Trinajstić information content (AvgIpc) is 1.50. The number of aromatic nitrogens is 3. The van der Waals surface area contributed by atoms with Crippen molar-refractivity contribution in [2.75, 3.05) is 97.6 Å². The molecule has 4 unspecified atom stereocenters. The number of unbranched alkanes of at least 4 members (excludes halogenated alkanes) is 1. The maximum atomic E-state index is 14.8. The number of carbonyl (C=O) groups excluding carboxylic acids is 10. The van der Waals surface area contributed by atoms with Crippen molar-refractivity contribution in [3.63, 3.8) is 0 Å². The smallest absolute Gasteiger partial charge is 0.429 e. The van der Waals surface area contributed by atoms with E-state index >= 15 is 0 Å². The number of ketones is 2. The molecule has 8 aliphatic rings. The van der Waals surface area contributed by atoms with E-state index in [4.69, 9.17) is 53.1 Å². The number of amides is 7. The van der Waals surface area contributed by atoms with Crippen molar-refractivity contribution < 1.29 is 126 Å². The summed E-state index contributed by atoms with van der Waals surface area (Å²) in [6.07, 6.45) is 2.19. The first-order chi connectivity index (χ1) is 56.6. The number of hydrogen-bond donors (Lipinski definition) is 13. The number of benzene rings is 1. The molecule has 3 aliphatic heterocycles. The lowest BCUT2D eigenvalue weighted by Gasteiger charge is -2.59. The Balaban J connectivity index is 0.710. The molecule has 1 aromatic heterocycles. The molecule has 10 rings (SSSR count). The van der Waals surface area contributed by atoms with Crippen LogP contribution in [-0.4, -0.2) is 275 Å². The summed E-state index contributed by atoms with van der Waals surface area (Å²) in [7, 11) is 0. The minimum atomic E-state index is -1.64. The minimum Gasteiger partial charge on any atom is -0.429 e. The van der Waals surface area contributed by atoms with Crippen LogP contribution in [0.2, 0.25) is 0 Å². The largest absolute Gasteiger partial charge is 0.509 e. The fraction of sp³-hybridized carbons (Fsp3) is 0.704. The number of nitrogens with one attached hydrogen (secondary N) is 6. The van der Waals surface area contributed by atoms with Crippen molar-refractivity contribution in [2.45, 2.75) is 236 Å². The van der Waals surface area contributed by atoms with Crippen molar-refractivity contribution >= 4 is 64.8 Å². The molecule has 2 saturated heterocycles. The monoisotopic (exact) mass is 1660 g/mol. The van der Waals surface area contributed by atoms with Crippen molar-refractivity contribution in [3.05, 3.63) is 77.2 Å². The Morgan fingerprint density at radius 3 is 2.13 bits per heavy atom. The highest BCUT2D eigenvalue weighted by atomic mass is 16.8. The van der Waals surface area contributed by atoms with Crippen LogP contribution in [0.1, 0.15) is 167 Å². The fourth-order valence-corrected chi connectivity index (χ4v) is 17.8. The van der Waals surface area contributed by atoms with Crippen LogP contribution >= 0.6 is 0 Å². The number of Topliss-reactive ketones (excluding diaryl/α,β-unsaturated/α-hetero) is 1. The lowest BCUT2D eigenvalue weighted by Crippen LogP contribution is -2.63. The van der Waals surface area contributed by atoms with Crippen LogP contribution < -0.4 is 37.6 Å². The van der Waals surface area contributed by atoms with E-state index in [-0.39, 0.29) is 165 Å². The lowest BCUT2D eigenvalue weighted by molar-refractivity contribution is -0.254. The highest BCUT2D eigenvalue weighted by Crippen LogP contribution is 2.70. The molecule has 1 aromatic carbocycles. The third-order valence-corrected chi connectivity index (χ3v) is 23.9. The number of nitrogens with two attached hydrogens (primary N) is 1. The number of anilines is 1. The summed E-state index contributed by atoms with van der Waals surface area (Å²) < 4.78 is 59.6. The number of imide groups is 1. The molecule has 5 fully saturated rings. The standard InChI is InChI=1S/C81H119N11O26/c1-6-13-66-117-61-41-53-52-23-20-49-40-51(94)26-28-79(49,4)67(52)57(95)42-80(53,5)81(61,118-66)60(96)45-115-78(108)114-44-48-18-21-50(22-19-48)85-73(104)55(15-12-30-84-77(82)107)87-75(106)68(47(2)3)88-74(105)54(86-62(97)27-32-109-34-36-111-38-39-112-37-35-110-33-31-91-64(99)24-25-65(91)100)14-10-11-29-83-63(98)46-113-58-17-9-7-8-16-56-69(58)89-90-92(56)76-72(103)71(102)70(101)59(43-93)116-76/h18-19,21-22,24-26,28,40,47,52-55,57-59,61,66-68,70-72,76-77,84,93,95,101-103,107H,6-17,20,23,27,29-39,41-46,82H2,1-5H3,(H,83,98)(H,85,104)(H,86,97)(H,87,106)(H,88,105)/t52-,53-,54+,55-,57-,58?,59+,61+,66?,67+,68-,70-,71-,72+,76?,77?,79-,80-,81+/m0/s1. The van der Waals surface area contributed by atoms with E-state index in [0.717, 1.165) is 36.2 Å². The number of fused-ring (bicyclic) bond motifs is 8. The van der Waals surface area contributed by atoms with E-state index in [1.807, 2.05) is 19.9 Å². The minimum absolute atomic E-state index is 0.0182. The number of carbonyl (C=O) groups is 10. The van der Waals surface area contributed by atoms with E-state index in [9.17, 15) is 78.6 Å². The molecule has 4 heterocycles. The van der Waals surface area contributed by atoms with Crippen LogP contribution in [0.5, 0.6) is 0 Å². The molecule has 0 spiro atoms. The van der Waals surface area contributed by atoms with E-state index in [0.29, 0.717) is 61.9 Å². The van der Waals surface area contributed by atoms with Gasteiger partial charge in [0.25, 0.3) is 11.8 Å². The third kappa shape index (κ3) is 23.0. The van der Waals surface area contributed by atoms with Gasteiger partial charge >= 0.3 is 6.16 Å². The van der Waals surface area contributed by atoms with Crippen molar-refractivity contribution in [1.29, 1.82) is 0 Å². The van der Waals surface area contributed by atoms with E-state index in [1.54, 1.807) is 50.3 Å². The van der Waals surface area contributed by atoms with Gasteiger partial charge in [0, 0.05) is 47.6 Å². The Morgan fingerprint density at radius 1 is 0.737 bits per heavy atom. The second kappa shape index (κ2) is 43.5. The van der Waals surface area contributed by atoms with Crippen LogP contribution in [0.15, 0.2) is 60.2 Å². The highest BCUT2D eigenvalue weighted by molar-refractivity contribution is 6.13. The number of aliphatic hydroxyl groups excluding tert-OH is 6. The van der Waals surface area contributed by atoms with E-state index in [2.05, 4.69) is 49.1 Å². The first kappa shape index (κ1) is 92.3. The van der Waals surface area contributed by atoms with Gasteiger partial charge < -0.3 is 105 Å². The zero-order chi connectivity index (χ0) is 84.8. The quantitative estimate of drug-likeness (QED) is 0.0189. The fourth-order valence-electron chi connectivity index (χ4n) is 17.8. The highest BCUT2D eigenvalue weighted by Gasteiger charge is 2.76. The Morgan fingerprint density at radius 2 is 1.43 bits per heavy atom. The van der Waals surface area contributed by atoms with Crippen LogP contribution in [0.3, 0.4) is 0 Å². The predicted octanol–water partition coefficient (Wildman–Crippen LogP) is 0.837. The summed E-state index contributed by atoms with van der Waals surface area (Å²) in [6.45, 7) is 9.16. The summed E-state index contributed by atoms with van der Waals surface area (Å²) in [5.41, 5.74) is 5.28. The van der Waals surface area contributed by atoms with Gasteiger partial charge in [0.2, 0.25) is 35.3 Å². The van der Waals surface area contributed by atoms with Crippen molar-refractivity contribution in [3.8, 4) is 0 Å². The van der Waals surface area contributed by atoms with Gasteiger partial charge in [0.15, 0.2) is 36.9 Å². The molecule has 3 saturated carbocycles. The van der Waals surface area contributed by atoms with Crippen molar-refractivity contribution in [2.24, 2.45) is 40.2 Å². The molecule has 0 bridgehead atoms. The average molecular weight is 1660 g/mol. The molecule has 2 aromatic rings. The third-order valence-electron chi connectivity index (χ3n) is 23.9. The number of allylic oxidation sites excluding steroid dienone is 4. The number of aliphatic hydroxyl groups is 6. The lowest BCUT2D eigenvalue weighted by atomic mass is 9.46. The summed E-state index contributed by atoms with van der Waals surface area (Å²) in [6, 6.07) is 2.54. The summed E-state index contributed by atoms with van der Waals surface area (Å²) in [5.74, 6) is -5.38. The summed E-state index contributed by atoms with van der Waals surface area (Å²) in [5, 5.41) is 88.7. The van der Waals surface area contributed by atoms with E-state index < -0.39 is 157 Å². The van der Waals surface area contributed by atoms with Gasteiger partial charge in [-0.2, -0.15) is 0 Å². The van der Waals surface area contributed by atoms with Gasteiger partial charge in [-0.25, -0.2) is 9.48 Å². The molecular formula is C81H119N11O26. The number of hydrogen-bond acceptors (Lipinski definition) is 30. The maximum absolute atomic E-state index is 14.8. The number of nitrogens with zero attached hydrogens (tertiary/aromatic N) is 4. The van der Waals surface area contributed by atoms with Gasteiger partial charge in [-0.15, -0.1) is 5.10 Å². The van der Waals surface area contributed by atoms with Crippen molar-refractivity contribution in [1.82, 2.24) is 46.5 Å². The molecule has 37 nitrogen and oxygen atoms in total. The topological polar surface area (TPSA) is 517 Å². The Bertz CT molecular complexity index is 3840. The molecule has 5 aliphatic carbocycles. The zero-order valence-electron chi connectivity index (χ0n) is 67.9. The Labute approximate surface area is 685 Å². The van der Waals surface area contributed by atoms with E-state index in [1.165, 1.54) is 16.8 Å². The first-order valence-electron chi connectivity index (χ1n) is 41.3. The summed E-state index contributed by atoms with van der Waals surface area (Å²) in [4.78, 5) is 135. The molecule has 654 valence electrons. The molecule has 7 amide bonds. The molecule has 118 heavy (non-hydrogen) atoms. The Kier molecular flexibility index (Phi) is 34.0. The van der Waals surface area contributed by atoms with Crippen LogP contribution in [0.4, 0.5) is 10.5 Å². The van der Waals surface area contributed by atoms with Crippen LogP contribution in [0.25, 0.3) is 0 Å².